The van der Waals surface area contributed by atoms with Gasteiger partial charge >= 0.3 is 6.03 Å². The average Bonchev–Trinajstić information content (AvgIpc) is 2.64. The Morgan fingerprint density at radius 3 is 2.46 bits per heavy atom. The highest BCUT2D eigenvalue weighted by Gasteiger charge is 2.37. The fourth-order valence-electron chi connectivity index (χ4n) is 2.76. The van der Waals surface area contributed by atoms with Crippen LogP contribution in [0.3, 0.4) is 0 Å². The lowest BCUT2D eigenvalue weighted by atomic mass is 10.0. The Hall–Kier alpha value is -3.13. The maximum absolute atomic E-state index is 12.9. The first kappa shape index (κ1) is 19.6. The van der Waals surface area contributed by atoms with Gasteiger partial charge in [0.25, 0.3) is 11.8 Å². The Morgan fingerprint density at radius 1 is 1.11 bits per heavy atom. The molecule has 2 aromatic carbocycles. The molecular weight excluding hydrogens is 428 g/mol. The number of urea groups is 1. The van der Waals surface area contributed by atoms with Crippen LogP contribution in [0, 0.1) is 13.8 Å². The summed E-state index contributed by atoms with van der Waals surface area (Å²) in [7, 11) is 1.39. The highest BCUT2D eigenvalue weighted by atomic mass is 79.9. The van der Waals surface area contributed by atoms with Crippen molar-refractivity contribution in [2.45, 2.75) is 13.8 Å². The maximum Gasteiger partial charge on any atom is 0.335 e. The number of phenols is 1. The highest BCUT2D eigenvalue weighted by Crippen LogP contribution is 2.36. The number of imide groups is 2. The number of halogens is 1. The van der Waals surface area contributed by atoms with E-state index in [1.54, 1.807) is 18.2 Å². The standard InChI is InChI=1S/C20H17BrN2O5/c1-10-4-5-13(6-11(10)2)23-19(26)14(18(25)22-20(23)27)7-12-8-15(21)17(24)16(9-12)28-3/h4-9,24H,1-3H3,(H,22,25,27). The van der Waals surface area contributed by atoms with Gasteiger partial charge in [-0.05, 0) is 76.8 Å². The Balaban J connectivity index is 2.06. The minimum absolute atomic E-state index is 0.101. The number of benzene rings is 2. The molecule has 0 bridgehead atoms. The summed E-state index contributed by atoms with van der Waals surface area (Å²) in [5.74, 6) is -1.46. The minimum Gasteiger partial charge on any atom is -0.503 e. The Bertz CT molecular complexity index is 1050. The molecule has 0 radical (unpaired) electrons. The molecule has 0 atom stereocenters. The van der Waals surface area contributed by atoms with E-state index in [1.165, 1.54) is 25.3 Å². The first-order valence-electron chi connectivity index (χ1n) is 8.28. The number of carbonyl (C=O) groups is 3. The van der Waals surface area contributed by atoms with Gasteiger partial charge in [-0.2, -0.15) is 0 Å². The molecule has 1 fully saturated rings. The summed E-state index contributed by atoms with van der Waals surface area (Å²) in [6.07, 6.45) is 1.34. The van der Waals surface area contributed by atoms with Gasteiger partial charge in [0.05, 0.1) is 17.3 Å². The number of nitrogens with one attached hydrogen (secondary N) is 1. The molecule has 4 amide bonds. The number of phenolic OH excluding ortho intramolecular Hbond substituents is 1. The number of nitrogens with zero attached hydrogens (tertiary/aromatic N) is 1. The number of hydrogen-bond acceptors (Lipinski definition) is 5. The molecule has 144 valence electrons. The first-order valence-corrected chi connectivity index (χ1v) is 9.07. The van der Waals surface area contributed by atoms with Gasteiger partial charge in [-0.1, -0.05) is 6.07 Å². The zero-order chi connectivity index (χ0) is 20.6. The molecule has 3 rings (SSSR count). The van der Waals surface area contributed by atoms with Crippen molar-refractivity contribution < 1.29 is 24.2 Å². The van der Waals surface area contributed by atoms with Gasteiger partial charge in [-0.25, -0.2) is 9.69 Å². The molecule has 0 spiro atoms. The van der Waals surface area contributed by atoms with Gasteiger partial charge in [-0.3, -0.25) is 14.9 Å². The smallest absolute Gasteiger partial charge is 0.335 e. The van der Waals surface area contributed by atoms with Crippen LogP contribution >= 0.6 is 15.9 Å². The second kappa shape index (κ2) is 7.47. The fraction of sp³-hybridized carbons (Fsp3) is 0.150. The van der Waals surface area contributed by atoms with Crippen molar-refractivity contribution in [3.05, 3.63) is 57.1 Å². The maximum atomic E-state index is 12.9. The van der Waals surface area contributed by atoms with E-state index in [0.717, 1.165) is 16.0 Å². The highest BCUT2D eigenvalue weighted by molar-refractivity contribution is 9.10. The summed E-state index contributed by atoms with van der Waals surface area (Å²) in [6.45, 7) is 3.79. The third-order valence-corrected chi connectivity index (χ3v) is 5.04. The molecule has 1 saturated heterocycles. The molecule has 2 aromatic rings. The van der Waals surface area contributed by atoms with Gasteiger partial charge in [-0.15, -0.1) is 0 Å². The molecule has 1 aliphatic heterocycles. The van der Waals surface area contributed by atoms with Crippen LogP contribution in [0.2, 0.25) is 0 Å². The zero-order valence-electron chi connectivity index (χ0n) is 15.4. The summed E-state index contributed by atoms with van der Waals surface area (Å²) < 4.78 is 5.42. The van der Waals surface area contributed by atoms with E-state index in [1.807, 2.05) is 13.8 Å². The average molecular weight is 445 g/mol. The van der Waals surface area contributed by atoms with E-state index in [9.17, 15) is 19.5 Å². The van der Waals surface area contributed by atoms with Gasteiger partial charge in [0, 0.05) is 0 Å². The Morgan fingerprint density at radius 2 is 1.82 bits per heavy atom. The molecule has 7 nitrogen and oxygen atoms in total. The summed E-state index contributed by atoms with van der Waals surface area (Å²) in [6, 6.07) is 7.35. The van der Waals surface area contributed by atoms with Gasteiger partial charge in [0.1, 0.15) is 5.57 Å². The third-order valence-electron chi connectivity index (χ3n) is 4.43. The summed E-state index contributed by atoms with van der Waals surface area (Å²) in [4.78, 5) is 38.4. The second-order valence-electron chi connectivity index (χ2n) is 6.28. The van der Waals surface area contributed by atoms with E-state index in [-0.39, 0.29) is 17.1 Å². The number of aromatic hydroxyl groups is 1. The van der Waals surface area contributed by atoms with E-state index in [4.69, 9.17) is 4.74 Å². The number of amides is 4. The van der Waals surface area contributed by atoms with Crippen LogP contribution in [0.15, 0.2) is 40.4 Å². The number of methoxy groups -OCH3 is 1. The molecule has 0 aliphatic carbocycles. The van der Waals surface area contributed by atoms with Gasteiger partial charge < -0.3 is 9.84 Å². The van der Waals surface area contributed by atoms with Crippen LogP contribution in [0.1, 0.15) is 16.7 Å². The molecule has 0 unspecified atom stereocenters. The Labute approximate surface area is 169 Å². The van der Waals surface area contributed by atoms with Crippen molar-refractivity contribution in [3.63, 3.8) is 0 Å². The molecule has 1 aliphatic rings. The number of aryl methyl sites for hydroxylation is 2. The molecule has 1 heterocycles. The van der Waals surface area contributed by atoms with E-state index in [2.05, 4.69) is 21.2 Å². The van der Waals surface area contributed by atoms with Crippen molar-refractivity contribution in [1.82, 2.24) is 5.32 Å². The monoisotopic (exact) mass is 444 g/mol. The molecule has 8 heteroatoms. The number of rotatable bonds is 3. The predicted octanol–water partition coefficient (Wildman–Crippen LogP) is 3.45. The second-order valence-corrected chi connectivity index (χ2v) is 7.13. The van der Waals surface area contributed by atoms with E-state index < -0.39 is 17.8 Å². The van der Waals surface area contributed by atoms with Crippen LogP contribution in [0.25, 0.3) is 6.08 Å². The molecule has 0 aromatic heterocycles. The lowest BCUT2D eigenvalue weighted by Gasteiger charge is -2.26. The largest absolute Gasteiger partial charge is 0.503 e. The quantitative estimate of drug-likeness (QED) is 0.558. The molecule has 28 heavy (non-hydrogen) atoms. The van der Waals surface area contributed by atoms with Crippen molar-refractivity contribution in [2.75, 3.05) is 12.0 Å². The van der Waals surface area contributed by atoms with E-state index >= 15 is 0 Å². The normalized spacial score (nSPS) is 15.8. The van der Waals surface area contributed by atoms with E-state index in [0.29, 0.717) is 15.7 Å². The SMILES string of the molecule is COc1cc(C=C2C(=O)NC(=O)N(c3ccc(C)c(C)c3)C2=O)cc(Br)c1O. The van der Waals surface area contributed by atoms with Gasteiger partial charge in [0.2, 0.25) is 0 Å². The van der Waals surface area contributed by atoms with Crippen molar-refractivity contribution in [1.29, 1.82) is 0 Å². The minimum atomic E-state index is -0.806. The Kier molecular flexibility index (Phi) is 5.24. The molecular formula is C20H17BrN2O5. The molecule has 2 N–H and O–H groups in total. The number of barbiturate groups is 1. The zero-order valence-corrected chi connectivity index (χ0v) is 17.0. The number of anilines is 1. The lowest BCUT2D eigenvalue weighted by Crippen LogP contribution is -2.54. The van der Waals surface area contributed by atoms with Crippen molar-refractivity contribution >= 4 is 45.5 Å². The summed E-state index contributed by atoms with van der Waals surface area (Å²) in [5.41, 5.74) is 2.52. The summed E-state index contributed by atoms with van der Waals surface area (Å²) >= 11 is 3.20. The predicted molar refractivity (Wildman–Crippen MR) is 107 cm³/mol. The number of hydrogen-bond donors (Lipinski definition) is 2. The van der Waals surface area contributed by atoms with Crippen LogP contribution in [0.4, 0.5) is 10.5 Å². The lowest BCUT2D eigenvalue weighted by molar-refractivity contribution is -0.122. The van der Waals surface area contributed by atoms with Crippen molar-refractivity contribution in [3.8, 4) is 11.5 Å². The molecule has 0 saturated carbocycles. The topological polar surface area (TPSA) is 95.9 Å². The first-order chi connectivity index (χ1) is 13.2. The number of carbonyl (C=O) groups excluding carboxylic acids is 3. The van der Waals surface area contributed by atoms with Crippen LogP contribution in [-0.4, -0.2) is 30.1 Å². The van der Waals surface area contributed by atoms with Gasteiger partial charge in [0.15, 0.2) is 11.5 Å². The number of ether oxygens (including phenoxy) is 1. The third kappa shape index (κ3) is 3.50. The van der Waals surface area contributed by atoms with Crippen LogP contribution < -0.4 is 15.0 Å². The van der Waals surface area contributed by atoms with Crippen LogP contribution in [-0.2, 0) is 9.59 Å². The summed E-state index contributed by atoms with van der Waals surface area (Å²) in [5, 5.41) is 12.1. The van der Waals surface area contributed by atoms with Crippen molar-refractivity contribution in [2.24, 2.45) is 0 Å². The fourth-order valence-corrected chi connectivity index (χ4v) is 3.22. The van der Waals surface area contributed by atoms with Crippen LogP contribution in [0.5, 0.6) is 11.5 Å².